The number of hydrogen-bond acceptors (Lipinski definition) is 5. The van der Waals surface area contributed by atoms with Crippen LogP contribution in [0.2, 0.25) is 0 Å². The van der Waals surface area contributed by atoms with Gasteiger partial charge >= 0.3 is 182 Å². The molecule has 1 rings (SSSR count). The summed E-state index contributed by atoms with van der Waals surface area (Å²) in [6, 6.07) is 8.85. The average molecular weight is 469 g/mol. The first-order valence-electron chi connectivity index (χ1n) is 9.76. The number of carbonyl (C=O) groups excluding carboxylic acids is 2. The van der Waals surface area contributed by atoms with E-state index in [1.165, 1.54) is 7.11 Å². The van der Waals surface area contributed by atoms with Gasteiger partial charge in [0.25, 0.3) is 0 Å². The molecule has 0 saturated heterocycles. The van der Waals surface area contributed by atoms with Gasteiger partial charge in [-0.05, 0) is 0 Å². The molecular formula is C21H32N3O4Se. The molecule has 0 aliphatic carbocycles. The van der Waals surface area contributed by atoms with E-state index in [4.69, 9.17) is 9.47 Å². The van der Waals surface area contributed by atoms with Gasteiger partial charge in [-0.3, -0.25) is 0 Å². The Morgan fingerprint density at radius 2 is 1.76 bits per heavy atom. The zero-order valence-electron chi connectivity index (χ0n) is 17.8. The summed E-state index contributed by atoms with van der Waals surface area (Å²) in [7, 11) is 1.36. The average Bonchev–Trinajstić information content (AvgIpc) is 2.68. The van der Waals surface area contributed by atoms with Crippen molar-refractivity contribution >= 4 is 32.8 Å². The maximum atomic E-state index is 12.2. The molecule has 0 unspecified atom stereocenters. The number of benzene rings is 1. The zero-order chi connectivity index (χ0) is 21.8. The molecule has 1 aromatic rings. The summed E-state index contributed by atoms with van der Waals surface area (Å²) >= 11 is 2.84. The standard InChI is InChI=1S/C21H32N3O4Se/c1-14(2)11-17(23-21(26)28-13-16-9-7-6-8-10-16)12-22-20(29)24-18(15(3)4)19(25)27-5/h6-10,14-15,17-18H,11-13H2,1-5H3,(H,22,24)(H,23,26)/t17-,18-/m0/s1. The molecule has 2 atom stereocenters. The van der Waals surface area contributed by atoms with Crippen LogP contribution in [-0.4, -0.2) is 58.5 Å². The van der Waals surface area contributed by atoms with E-state index in [1.807, 2.05) is 44.2 Å². The fourth-order valence-electron chi connectivity index (χ4n) is 2.68. The number of esters is 1. The van der Waals surface area contributed by atoms with Crippen LogP contribution in [0.3, 0.4) is 0 Å². The maximum absolute atomic E-state index is 12.2. The number of amidine groups is 1. The van der Waals surface area contributed by atoms with Gasteiger partial charge in [0.05, 0.1) is 0 Å². The van der Waals surface area contributed by atoms with Gasteiger partial charge in [-0.1, -0.05) is 0 Å². The SMILES string of the molecule is COC(=O)[C@@H](NC([Se])=NC[C@H](CC(C)C)NC(=O)OCc1ccccc1)C(C)C. The van der Waals surface area contributed by atoms with Gasteiger partial charge in [-0.2, -0.15) is 0 Å². The molecular weight excluding hydrogens is 437 g/mol. The molecule has 0 fully saturated rings. The number of alkyl carbamates (subject to hydrolysis) is 1. The molecule has 1 radical (unpaired) electrons. The molecule has 0 aromatic heterocycles. The van der Waals surface area contributed by atoms with Gasteiger partial charge in [-0.15, -0.1) is 0 Å². The van der Waals surface area contributed by atoms with E-state index < -0.39 is 12.1 Å². The second-order valence-electron chi connectivity index (χ2n) is 7.57. The van der Waals surface area contributed by atoms with Crippen LogP contribution in [0, 0.1) is 11.8 Å². The van der Waals surface area contributed by atoms with Crippen molar-refractivity contribution < 1.29 is 19.1 Å². The summed E-state index contributed by atoms with van der Waals surface area (Å²) < 4.78 is 10.6. The molecule has 0 aliphatic heterocycles. The zero-order valence-corrected chi connectivity index (χ0v) is 19.5. The molecule has 0 saturated carbocycles. The van der Waals surface area contributed by atoms with Gasteiger partial charge < -0.3 is 0 Å². The van der Waals surface area contributed by atoms with Crippen LogP contribution >= 0.6 is 0 Å². The Kier molecular flexibility index (Phi) is 11.4. The summed E-state index contributed by atoms with van der Waals surface area (Å²) in [4.78, 5) is 28.5. The van der Waals surface area contributed by atoms with E-state index in [-0.39, 0.29) is 24.5 Å². The number of nitrogens with zero attached hydrogens (tertiary/aromatic N) is 1. The molecule has 1 amide bonds. The van der Waals surface area contributed by atoms with Crippen LogP contribution in [0.25, 0.3) is 0 Å². The van der Waals surface area contributed by atoms with Crippen molar-refractivity contribution in [1.29, 1.82) is 0 Å². The van der Waals surface area contributed by atoms with E-state index in [9.17, 15) is 9.59 Å². The predicted octanol–water partition coefficient (Wildman–Crippen LogP) is 2.64. The van der Waals surface area contributed by atoms with Crippen molar-refractivity contribution in [3.8, 4) is 0 Å². The molecule has 0 heterocycles. The van der Waals surface area contributed by atoms with Gasteiger partial charge in [0, 0.05) is 0 Å². The molecule has 2 N–H and O–H groups in total. The third-order valence-electron chi connectivity index (χ3n) is 4.15. The molecule has 29 heavy (non-hydrogen) atoms. The van der Waals surface area contributed by atoms with Gasteiger partial charge in [0.15, 0.2) is 0 Å². The Morgan fingerprint density at radius 1 is 1.10 bits per heavy atom. The molecule has 7 nitrogen and oxygen atoms in total. The Balaban J connectivity index is 2.63. The van der Waals surface area contributed by atoms with Crippen LogP contribution in [-0.2, 0) is 20.9 Å². The normalized spacial score (nSPS) is 13.7. The van der Waals surface area contributed by atoms with Crippen molar-refractivity contribution in [2.24, 2.45) is 16.8 Å². The minimum atomic E-state index is -0.493. The Labute approximate surface area is 181 Å². The van der Waals surface area contributed by atoms with Crippen LogP contribution < -0.4 is 10.6 Å². The fourth-order valence-corrected chi connectivity index (χ4v) is 3.10. The second kappa shape index (κ2) is 13.2. The van der Waals surface area contributed by atoms with E-state index in [0.717, 1.165) is 12.0 Å². The first-order valence-corrected chi connectivity index (χ1v) is 10.6. The first-order chi connectivity index (χ1) is 13.7. The number of methoxy groups -OCH3 is 1. The predicted molar refractivity (Wildman–Crippen MR) is 115 cm³/mol. The van der Waals surface area contributed by atoms with Crippen molar-refractivity contribution in [2.75, 3.05) is 13.7 Å². The Hall–Kier alpha value is -2.05. The van der Waals surface area contributed by atoms with Crippen LogP contribution in [0.4, 0.5) is 4.79 Å². The van der Waals surface area contributed by atoms with E-state index in [0.29, 0.717) is 17.2 Å². The summed E-state index contributed by atoms with van der Waals surface area (Å²) in [5.74, 6) is 0.0724. The Morgan fingerprint density at radius 3 is 2.31 bits per heavy atom. The topological polar surface area (TPSA) is 89.0 Å². The summed E-state index contributed by atoms with van der Waals surface area (Å²) in [5, 5.41) is 5.93. The van der Waals surface area contributed by atoms with Crippen molar-refractivity contribution in [2.45, 2.75) is 52.8 Å². The monoisotopic (exact) mass is 470 g/mol. The molecule has 0 aliphatic rings. The number of hydrogen-bond donors (Lipinski definition) is 2. The fraction of sp³-hybridized carbons (Fsp3) is 0.571. The van der Waals surface area contributed by atoms with Crippen molar-refractivity contribution in [3.05, 3.63) is 35.9 Å². The number of ether oxygens (including phenoxy) is 2. The first kappa shape index (κ1) is 25.0. The van der Waals surface area contributed by atoms with Gasteiger partial charge in [0.2, 0.25) is 0 Å². The summed E-state index contributed by atoms with van der Waals surface area (Å²) in [6.45, 7) is 8.59. The van der Waals surface area contributed by atoms with Crippen molar-refractivity contribution in [3.63, 3.8) is 0 Å². The number of aliphatic imine (C=N–C) groups is 1. The molecule has 8 heteroatoms. The third-order valence-corrected chi connectivity index (χ3v) is 4.66. The van der Waals surface area contributed by atoms with E-state index in [2.05, 4.69) is 45.5 Å². The minimum absolute atomic E-state index is 0.0403. The van der Waals surface area contributed by atoms with E-state index in [1.54, 1.807) is 0 Å². The molecule has 1 aromatic carbocycles. The number of rotatable bonds is 10. The van der Waals surface area contributed by atoms with Crippen LogP contribution in [0.1, 0.15) is 39.7 Å². The molecule has 0 bridgehead atoms. The quantitative estimate of drug-likeness (QED) is 0.238. The molecule has 161 valence electrons. The third kappa shape index (κ3) is 10.3. The summed E-state index contributed by atoms with van der Waals surface area (Å²) in [6.07, 6.45) is 0.279. The number of carbonyl (C=O) groups is 2. The second-order valence-corrected chi connectivity index (χ2v) is 8.38. The van der Waals surface area contributed by atoms with Gasteiger partial charge in [-0.25, -0.2) is 0 Å². The Bertz CT molecular complexity index is 665. The van der Waals surface area contributed by atoms with Crippen LogP contribution in [0.5, 0.6) is 0 Å². The summed E-state index contributed by atoms with van der Waals surface area (Å²) in [5.41, 5.74) is 0.929. The molecule has 0 spiro atoms. The number of amides is 1. The van der Waals surface area contributed by atoms with Crippen molar-refractivity contribution in [1.82, 2.24) is 10.6 Å². The van der Waals surface area contributed by atoms with E-state index >= 15 is 0 Å². The number of nitrogens with one attached hydrogen (secondary N) is 2. The van der Waals surface area contributed by atoms with Crippen LogP contribution in [0.15, 0.2) is 35.3 Å². The van der Waals surface area contributed by atoms with Gasteiger partial charge in [0.1, 0.15) is 0 Å².